The summed E-state index contributed by atoms with van der Waals surface area (Å²) in [7, 11) is 0. The number of carbonyl (C=O) groups is 1. The van der Waals surface area contributed by atoms with Crippen molar-refractivity contribution in [3.05, 3.63) is 96.7 Å². The number of hydrogen-bond donors (Lipinski definition) is 2. The first-order chi connectivity index (χ1) is 14.2. The molecule has 0 spiro atoms. The van der Waals surface area contributed by atoms with Crippen molar-refractivity contribution in [2.45, 2.75) is 6.42 Å². The first-order valence-corrected chi connectivity index (χ1v) is 9.31. The third-order valence-electron chi connectivity index (χ3n) is 4.49. The van der Waals surface area contributed by atoms with E-state index < -0.39 is 0 Å². The highest BCUT2D eigenvalue weighted by Crippen LogP contribution is 2.28. The van der Waals surface area contributed by atoms with Gasteiger partial charge in [0.1, 0.15) is 5.69 Å². The van der Waals surface area contributed by atoms with Gasteiger partial charge in [0, 0.05) is 16.8 Å². The molecular formula is C24H20N4O. The Morgan fingerprint density at radius 3 is 2.17 bits per heavy atom. The fourth-order valence-electron chi connectivity index (χ4n) is 3.03. The number of rotatable bonds is 5. The fraction of sp³-hybridized carbons (Fsp3) is 0.0417. The van der Waals surface area contributed by atoms with Crippen molar-refractivity contribution in [2.24, 2.45) is 0 Å². The second-order valence-corrected chi connectivity index (χ2v) is 6.65. The van der Waals surface area contributed by atoms with Crippen LogP contribution in [0.4, 0.5) is 11.5 Å². The highest BCUT2D eigenvalue weighted by molar-refractivity contribution is 5.94. The van der Waals surface area contributed by atoms with E-state index in [2.05, 4.69) is 10.3 Å². The minimum atomic E-state index is -0.136. The average molecular weight is 380 g/mol. The molecule has 4 aromatic rings. The van der Waals surface area contributed by atoms with Crippen LogP contribution in [0, 0.1) is 0 Å². The minimum Gasteiger partial charge on any atom is -0.399 e. The maximum Gasteiger partial charge on any atom is 0.230 e. The number of hydrogen-bond acceptors (Lipinski definition) is 4. The second kappa shape index (κ2) is 8.35. The number of nitrogen functional groups attached to an aromatic ring is 1. The van der Waals surface area contributed by atoms with Crippen molar-refractivity contribution in [1.82, 2.24) is 9.97 Å². The summed E-state index contributed by atoms with van der Waals surface area (Å²) in [6.07, 6.45) is 1.94. The zero-order valence-corrected chi connectivity index (χ0v) is 15.7. The van der Waals surface area contributed by atoms with E-state index >= 15 is 0 Å². The Bertz CT molecular complexity index is 1110. The Morgan fingerprint density at radius 2 is 1.48 bits per heavy atom. The molecular weight excluding hydrogens is 360 g/mol. The zero-order chi connectivity index (χ0) is 20.1. The van der Waals surface area contributed by atoms with Gasteiger partial charge in [-0.05, 0) is 17.7 Å². The van der Waals surface area contributed by atoms with Crippen LogP contribution in [0.2, 0.25) is 0 Å². The topological polar surface area (TPSA) is 80.9 Å². The molecule has 0 atom stereocenters. The summed E-state index contributed by atoms with van der Waals surface area (Å²) in [6, 6.07) is 26.8. The van der Waals surface area contributed by atoms with Gasteiger partial charge in [0.05, 0.1) is 18.3 Å². The number of anilines is 2. The monoisotopic (exact) mass is 380 g/mol. The number of benzene rings is 3. The maximum absolute atomic E-state index is 12.6. The molecule has 0 aliphatic carbocycles. The standard InChI is InChI=1S/C24H20N4O/c25-20-13-11-18(12-14-20)21-16-26-24(23(27-21)19-9-5-2-6-10-19)28-22(29)15-17-7-3-1-4-8-17/h1-14,16H,15,25H2,(H,26,28,29). The van der Waals surface area contributed by atoms with Gasteiger partial charge in [0.2, 0.25) is 5.91 Å². The van der Waals surface area contributed by atoms with Crippen molar-refractivity contribution in [3.63, 3.8) is 0 Å². The molecule has 0 aliphatic rings. The van der Waals surface area contributed by atoms with Crippen molar-refractivity contribution < 1.29 is 4.79 Å². The van der Waals surface area contributed by atoms with Gasteiger partial charge in [-0.3, -0.25) is 4.79 Å². The molecule has 1 amide bonds. The van der Waals surface area contributed by atoms with E-state index in [9.17, 15) is 4.79 Å². The van der Waals surface area contributed by atoms with Crippen molar-refractivity contribution in [2.75, 3.05) is 11.1 Å². The van der Waals surface area contributed by atoms with Crippen LogP contribution in [-0.2, 0) is 11.2 Å². The average Bonchev–Trinajstić information content (AvgIpc) is 2.76. The smallest absolute Gasteiger partial charge is 0.230 e. The van der Waals surface area contributed by atoms with Gasteiger partial charge in [-0.15, -0.1) is 0 Å². The van der Waals surface area contributed by atoms with Crippen LogP contribution >= 0.6 is 0 Å². The Balaban J connectivity index is 1.67. The number of nitrogens with zero attached hydrogens (tertiary/aromatic N) is 2. The normalized spacial score (nSPS) is 10.5. The Hall–Kier alpha value is -3.99. The predicted octanol–water partition coefficient (Wildman–Crippen LogP) is 4.57. The third kappa shape index (κ3) is 4.47. The van der Waals surface area contributed by atoms with Gasteiger partial charge in [0.25, 0.3) is 0 Å². The molecule has 3 N–H and O–H groups in total. The SMILES string of the molecule is Nc1ccc(-c2cnc(NC(=O)Cc3ccccc3)c(-c3ccccc3)n2)cc1. The number of amides is 1. The molecule has 5 nitrogen and oxygen atoms in total. The predicted molar refractivity (Wildman–Crippen MR) is 116 cm³/mol. The second-order valence-electron chi connectivity index (χ2n) is 6.65. The van der Waals surface area contributed by atoms with E-state index in [1.807, 2.05) is 84.9 Å². The highest BCUT2D eigenvalue weighted by Gasteiger charge is 2.14. The molecule has 0 saturated heterocycles. The van der Waals surface area contributed by atoms with Crippen molar-refractivity contribution in [3.8, 4) is 22.5 Å². The van der Waals surface area contributed by atoms with Crippen LogP contribution in [-0.4, -0.2) is 15.9 Å². The molecule has 0 radical (unpaired) electrons. The summed E-state index contributed by atoms with van der Waals surface area (Å²) < 4.78 is 0. The first-order valence-electron chi connectivity index (χ1n) is 9.31. The molecule has 1 aromatic heterocycles. The number of carbonyl (C=O) groups excluding carboxylic acids is 1. The van der Waals surface area contributed by atoms with E-state index in [1.165, 1.54) is 0 Å². The first kappa shape index (κ1) is 18.4. The van der Waals surface area contributed by atoms with Crippen LogP contribution < -0.4 is 11.1 Å². The lowest BCUT2D eigenvalue weighted by Gasteiger charge is -2.12. The maximum atomic E-state index is 12.6. The molecule has 0 fully saturated rings. The molecule has 4 rings (SSSR count). The van der Waals surface area contributed by atoms with E-state index in [1.54, 1.807) is 6.20 Å². The van der Waals surface area contributed by atoms with E-state index in [0.29, 0.717) is 22.9 Å². The summed E-state index contributed by atoms with van der Waals surface area (Å²) in [5, 5.41) is 2.91. The van der Waals surface area contributed by atoms with Gasteiger partial charge in [-0.25, -0.2) is 9.97 Å². The summed E-state index contributed by atoms with van der Waals surface area (Å²) in [5.74, 6) is 0.305. The largest absolute Gasteiger partial charge is 0.399 e. The van der Waals surface area contributed by atoms with Crippen molar-refractivity contribution in [1.29, 1.82) is 0 Å². The van der Waals surface area contributed by atoms with E-state index in [4.69, 9.17) is 10.7 Å². The van der Waals surface area contributed by atoms with Crippen LogP contribution in [0.25, 0.3) is 22.5 Å². The van der Waals surface area contributed by atoms with Gasteiger partial charge in [-0.2, -0.15) is 0 Å². The van der Waals surface area contributed by atoms with Crippen LogP contribution in [0.1, 0.15) is 5.56 Å². The summed E-state index contributed by atoms with van der Waals surface area (Å²) >= 11 is 0. The lowest BCUT2D eigenvalue weighted by molar-refractivity contribution is -0.115. The van der Waals surface area contributed by atoms with Crippen LogP contribution in [0.5, 0.6) is 0 Å². The number of nitrogens with two attached hydrogens (primary N) is 1. The van der Waals surface area contributed by atoms with E-state index in [-0.39, 0.29) is 12.3 Å². The Kier molecular flexibility index (Phi) is 5.29. The summed E-state index contributed by atoms with van der Waals surface area (Å²) in [6.45, 7) is 0. The minimum absolute atomic E-state index is 0.136. The summed E-state index contributed by atoms with van der Waals surface area (Å²) in [4.78, 5) is 21.9. The van der Waals surface area contributed by atoms with Gasteiger partial charge in [-0.1, -0.05) is 72.8 Å². The van der Waals surface area contributed by atoms with Gasteiger partial charge in [0.15, 0.2) is 5.82 Å². The van der Waals surface area contributed by atoms with Crippen LogP contribution in [0.15, 0.2) is 91.1 Å². The molecule has 1 heterocycles. The molecule has 142 valence electrons. The molecule has 0 aliphatic heterocycles. The summed E-state index contributed by atoms with van der Waals surface area (Å²) in [5.41, 5.74) is 10.5. The lowest BCUT2D eigenvalue weighted by atomic mass is 10.1. The van der Waals surface area contributed by atoms with Gasteiger partial charge >= 0.3 is 0 Å². The number of aromatic nitrogens is 2. The zero-order valence-electron chi connectivity index (χ0n) is 15.7. The van der Waals surface area contributed by atoms with Gasteiger partial charge < -0.3 is 11.1 Å². The highest BCUT2D eigenvalue weighted by atomic mass is 16.1. The quantitative estimate of drug-likeness (QED) is 0.497. The molecule has 3 aromatic carbocycles. The third-order valence-corrected chi connectivity index (χ3v) is 4.49. The molecule has 29 heavy (non-hydrogen) atoms. The molecule has 0 bridgehead atoms. The molecule has 0 unspecified atom stereocenters. The van der Waals surface area contributed by atoms with Crippen LogP contribution in [0.3, 0.4) is 0 Å². The fourth-order valence-corrected chi connectivity index (χ4v) is 3.03. The Labute approximate surface area is 169 Å². The number of nitrogens with one attached hydrogen (secondary N) is 1. The van der Waals surface area contributed by atoms with E-state index in [0.717, 1.165) is 16.7 Å². The lowest BCUT2D eigenvalue weighted by Crippen LogP contribution is -2.16. The van der Waals surface area contributed by atoms with Crippen molar-refractivity contribution >= 4 is 17.4 Å². The molecule has 5 heteroatoms. The Morgan fingerprint density at radius 1 is 0.828 bits per heavy atom. The molecule has 0 saturated carbocycles.